The highest BCUT2D eigenvalue weighted by Gasteiger charge is 2.30. The first-order chi connectivity index (χ1) is 9.15. The van der Waals surface area contributed by atoms with E-state index in [2.05, 4.69) is 12.6 Å². The Morgan fingerprint density at radius 3 is 2.47 bits per heavy atom. The molecule has 0 heterocycles. The van der Waals surface area contributed by atoms with E-state index < -0.39 is 0 Å². The molecule has 1 aliphatic carbocycles. The van der Waals surface area contributed by atoms with Crippen LogP contribution in [0, 0.1) is 18.2 Å². The molecule has 0 unspecified atom stereocenters. The molecule has 1 fully saturated rings. The van der Waals surface area contributed by atoms with Gasteiger partial charge in [0.25, 0.3) is 0 Å². The number of benzene rings is 1. The van der Waals surface area contributed by atoms with Crippen LogP contribution in [0.4, 0.5) is 4.39 Å². The van der Waals surface area contributed by atoms with Crippen molar-refractivity contribution >= 4 is 12.6 Å². The van der Waals surface area contributed by atoms with E-state index in [0.717, 1.165) is 17.1 Å². The van der Waals surface area contributed by atoms with Gasteiger partial charge in [0.1, 0.15) is 11.6 Å². The lowest BCUT2D eigenvalue weighted by Crippen LogP contribution is -2.30. The average Bonchev–Trinajstić information content (AvgIpc) is 2.64. The number of halogens is 1. The van der Waals surface area contributed by atoms with Gasteiger partial charge in [-0.05, 0) is 49.3 Å². The summed E-state index contributed by atoms with van der Waals surface area (Å²) >= 11 is 4.55. The van der Waals surface area contributed by atoms with Crippen LogP contribution in [0.25, 0.3) is 0 Å². The van der Waals surface area contributed by atoms with Gasteiger partial charge in [0, 0.05) is 5.41 Å². The van der Waals surface area contributed by atoms with E-state index in [-0.39, 0.29) is 11.2 Å². The van der Waals surface area contributed by atoms with Crippen molar-refractivity contribution < 1.29 is 9.13 Å². The lowest BCUT2D eigenvalue weighted by Gasteiger charge is -2.31. The third kappa shape index (κ3) is 3.88. The Hall–Kier alpha value is -0.700. The molecule has 0 amide bonds. The summed E-state index contributed by atoms with van der Waals surface area (Å²) < 4.78 is 19.0. The zero-order valence-electron chi connectivity index (χ0n) is 11.6. The van der Waals surface area contributed by atoms with Gasteiger partial charge in [0.15, 0.2) is 0 Å². The molecule has 3 heteroatoms. The number of hydrogen-bond acceptors (Lipinski definition) is 2. The van der Waals surface area contributed by atoms with Gasteiger partial charge in [-0.25, -0.2) is 4.39 Å². The number of thiol groups is 1. The van der Waals surface area contributed by atoms with Crippen molar-refractivity contribution in [3.8, 4) is 5.75 Å². The summed E-state index contributed by atoms with van der Waals surface area (Å²) in [5.41, 5.74) is 1.06. The molecule has 0 atom stereocenters. The maximum Gasteiger partial charge on any atom is 0.123 e. The Kier molecular flexibility index (Phi) is 5.14. The van der Waals surface area contributed by atoms with E-state index in [1.54, 1.807) is 6.07 Å². The minimum Gasteiger partial charge on any atom is -0.493 e. The van der Waals surface area contributed by atoms with Gasteiger partial charge in [-0.3, -0.25) is 0 Å². The van der Waals surface area contributed by atoms with Crippen molar-refractivity contribution in [3.05, 3.63) is 29.6 Å². The van der Waals surface area contributed by atoms with E-state index >= 15 is 0 Å². The zero-order chi connectivity index (χ0) is 13.7. The summed E-state index contributed by atoms with van der Waals surface area (Å²) in [6, 6.07) is 4.71. The van der Waals surface area contributed by atoms with Crippen molar-refractivity contribution in [2.24, 2.45) is 5.41 Å². The highest BCUT2D eigenvalue weighted by Crippen LogP contribution is 2.37. The Morgan fingerprint density at radius 2 is 1.89 bits per heavy atom. The fourth-order valence-corrected chi connectivity index (χ4v) is 3.24. The first-order valence-electron chi connectivity index (χ1n) is 7.15. The highest BCUT2D eigenvalue weighted by atomic mass is 32.1. The molecule has 0 aliphatic heterocycles. The van der Waals surface area contributed by atoms with Crippen molar-refractivity contribution in [1.82, 2.24) is 0 Å². The maximum atomic E-state index is 13.1. The molecule has 1 nitrogen and oxygen atoms in total. The van der Waals surface area contributed by atoms with E-state index in [9.17, 15) is 4.39 Å². The Labute approximate surface area is 121 Å². The van der Waals surface area contributed by atoms with Crippen LogP contribution in [0.1, 0.15) is 44.1 Å². The Balaban J connectivity index is 2.02. The summed E-state index contributed by atoms with van der Waals surface area (Å²) in [5.74, 6) is 1.46. The number of hydrogen-bond donors (Lipinski definition) is 1. The van der Waals surface area contributed by atoms with Crippen LogP contribution in [-0.4, -0.2) is 12.4 Å². The largest absolute Gasteiger partial charge is 0.493 e. The highest BCUT2D eigenvalue weighted by molar-refractivity contribution is 7.80. The number of ether oxygens (including phenoxy) is 1. The molecule has 1 aromatic carbocycles. The van der Waals surface area contributed by atoms with Crippen LogP contribution in [0.15, 0.2) is 18.2 Å². The van der Waals surface area contributed by atoms with Gasteiger partial charge >= 0.3 is 0 Å². The molecule has 0 saturated heterocycles. The summed E-state index contributed by atoms with van der Waals surface area (Å²) in [4.78, 5) is 0. The maximum absolute atomic E-state index is 13.1. The van der Waals surface area contributed by atoms with E-state index in [0.29, 0.717) is 6.61 Å². The second-order valence-electron chi connectivity index (χ2n) is 5.77. The van der Waals surface area contributed by atoms with Crippen LogP contribution in [-0.2, 0) is 0 Å². The van der Waals surface area contributed by atoms with Crippen LogP contribution in [0.5, 0.6) is 5.75 Å². The fraction of sp³-hybridized carbons (Fsp3) is 0.625. The molecule has 0 bridgehead atoms. The van der Waals surface area contributed by atoms with Crippen molar-refractivity contribution in [2.45, 2.75) is 45.4 Å². The smallest absolute Gasteiger partial charge is 0.123 e. The monoisotopic (exact) mass is 282 g/mol. The van der Waals surface area contributed by atoms with E-state index in [4.69, 9.17) is 4.74 Å². The summed E-state index contributed by atoms with van der Waals surface area (Å²) in [5, 5.41) is 0. The topological polar surface area (TPSA) is 9.23 Å². The second kappa shape index (κ2) is 6.65. The molecule has 1 aromatic rings. The third-order valence-corrected chi connectivity index (χ3v) is 4.84. The van der Waals surface area contributed by atoms with Gasteiger partial charge in [-0.1, -0.05) is 25.7 Å². The molecule has 1 aliphatic rings. The third-order valence-electron chi connectivity index (χ3n) is 4.17. The average molecular weight is 282 g/mol. The standard InChI is InChI=1S/C16H23FOS/c1-13-10-14(17)6-7-15(13)18-11-16(12-19)8-4-2-3-5-9-16/h6-7,10,19H,2-5,8-9,11-12H2,1H3. The van der Waals surface area contributed by atoms with Gasteiger partial charge in [-0.15, -0.1) is 0 Å². The van der Waals surface area contributed by atoms with Gasteiger partial charge < -0.3 is 4.74 Å². The minimum atomic E-state index is -0.205. The van der Waals surface area contributed by atoms with E-state index in [1.165, 1.54) is 50.7 Å². The molecule has 0 radical (unpaired) electrons. The molecule has 2 rings (SSSR count). The van der Waals surface area contributed by atoms with Crippen LogP contribution < -0.4 is 4.74 Å². The molecular weight excluding hydrogens is 259 g/mol. The lowest BCUT2D eigenvalue weighted by atomic mass is 9.83. The first-order valence-corrected chi connectivity index (χ1v) is 7.78. The second-order valence-corrected chi connectivity index (χ2v) is 6.09. The Bertz CT molecular complexity index is 411. The number of aryl methyl sites for hydroxylation is 1. The summed E-state index contributed by atoms with van der Waals surface area (Å²) in [6.07, 6.45) is 7.57. The van der Waals surface area contributed by atoms with Crippen LogP contribution >= 0.6 is 12.6 Å². The summed E-state index contributed by atoms with van der Waals surface area (Å²) in [6.45, 7) is 2.59. The van der Waals surface area contributed by atoms with Crippen molar-refractivity contribution in [1.29, 1.82) is 0 Å². The zero-order valence-corrected chi connectivity index (χ0v) is 12.5. The fourth-order valence-electron chi connectivity index (χ4n) is 2.83. The molecule has 106 valence electrons. The summed E-state index contributed by atoms with van der Waals surface area (Å²) in [7, 11) is 0. The molecule has 19 heavy (non-hydrogen) atoms. The SMILES string of the molecule is Cc1cc(F)ccc1OCC1(CS)CCCCCC1. The van der Waals surface area contributed by atoms with Gasteiger partial charge in [0.2, 0.25) is 0 Å². The Morgan fingerprint density at radius 1 is 1.21 bits per heavy atom. The predicted octanol–water partition coefficient (Wildman–Crippen LogP) is 4.78. The van der Waals surface area contributed by atoms with Gasteiger partial charge in [-0.2, -0.15) is 12.6 Å². The first kappa shape index (κ1) is 14.7. The van der Waals surface area contributed by atoms with E-state index in [1.807, 2.05) is 6.92 Å². The molecule has 0 aromatic heterocycles. The van der Waals surface area contributed by atoms with Crippen LogP contribution in [0.3, 0.4) is 0 Å². The normalized spacial score (nSPS) is 18.9. The van der Waals surface area contributed by atoms with Crippen molar-refractivity contribution in [3.63, 3.8) is 0 Å². The minimum absolute atomic E-state index is 0.195. The number of rotatable bonds is 4. The molecule has 0 N–H and O–H groups in total. The quantitative estimate of drug-likeness (QED) is 0.617. The molecule has 1 saturated carbocycles. The lowest BCUT2D eigenvalue weighted by molar-refractivity contribution is 0.147. The van der Waals surface area contributed by atoms with Gasteiger partial charge in [0.05, 0.1) is 6.61 Å². The van der Waals surface area contributed by atoms with Crippen molar-refractivity contribution in [2.75, 3.05) is 12.4 Å². The molecule has 0 spiro atoms. The molecular formula is C16H23FOS. The van der Waals surface area contributed by atoms with Crippen LogP contribution in [0.2, 0.25) is 0 Å². The predicted molar refractivity (Wildman–Crippen MR) is 80.6 cm³/mol.